The maximum absolute atomic E-state index is 5.36. The fourth-order valence-corrected chi connectivity index (χ4v) is 2.18. The van der Waals surface area contributed by atoms with Crippen LogP contribution in [-0.2, 0) is 6.54 Å². The van der Waals surface area contributed by atoms with Crippen LogP contribution in [-0.4, -0.2) is 27.4 Å². The molecular weight excluding hydrogens is 242 g/mol. The molecule has 0 atom stereocenters. The second-order valence-electron chi connectivity index (χ2n) is 4.55. The Labute approximate surface area is 116 Å². The molecule has 0 aliphatic rings. The Balaban J connectivity index is 2.90. The van der Waals surface area contributed by atoms with Gasteiger partial charge in [-0.05, 0) is 25.0 Å². The minimum absolute atomic E-state index is 0.649. The smallest absolute Gasteiger partial charge is 0.203 e. The third-order valence-corrected chi connectivity index (χ3v) is 3.46. The first-order valence-electron chi connectivity index (χ1n) is 6.82. The van der Waals surface area contributed by atoms with Crippen LogP contribution in [0.3, 0.4) is 0 Å². The van der Waals surface area contributed by atoms with Gasteiger partial charge < -0.3 is 19.5 Å². The molecule has 1 aromatic carbocycles. The van der Waals surface area contributed by atoms with Crippen molar-refractivity contribution in [1.82, 2.24) is 0 Å². The van der Waals surface area contributed by atoms with Crippen LogP contribution < -0.4 is 19.5 Å². The maximum Gasteiger partial charge on any atom is 0.203 e. The van der Waals surface area contributed by atoms with E-state index in [0.29, 0.717) is 11.8 Å². The predicted octanol–water partition coefficient (Wildman–Crippen LogP) is 1.96. The molecule has 0 bridgehead atoms. The normalized spacial score (nSPS) is 10.6. The van der Waals surface area contributed by atoms with Gasteiger partial charge in [-0.15, -0.1) is 0 Å². The Hall–Kier alpha value is -1.42. The van der Waals surface area contributed by atoms with Crippen molar-refractivity contribution in [3.63, 3.8) is 0 Å². The molecule has 0 heterocycles. The van der Waals surface area contributed by atoms with Gasteiger partial charge in [0.25, 0.3) is 0 Å². The molecule has 0 aliphatic heterocycles. The van der Waals surface area contributed by atoms with Gasteiger partial charge in [0.2, 0.25) is 5.75 Å². The van der Waals surface area contributed by atoms with E-state index in [-0.39, 0.29) is 0 Å². The standard InChI is InChI=1S/C15H25NO3/c1-6-12(7-2)16-10-11-8-13(17-3)15(19-5)14(9-11)18-4/h8-9,12,16H,6-7,10H2,1-5H3/p+1. The first-order valence-corrected chi connectivity index (χ1v) is 6.82. The summed E-state index contributed by atoms with van der Waals surface area (Å²) < 4.78 is 16.0. The SMILES string of the molecule is CCC(CC)[NH2+]Cc1cc(OC)c(OC)c(OC)c1. The molecule has 108 valence electrons. The number of benzene rings is 1. The topological polar surface area (TPSA) is 44.3 Å². The summed E-state index contributed by atoms with van der Waals surface area (Å²) in [4.78, 5) is 0. The fraction of sp³-hybridized carbons (Fsp3) is 0.600. The molecule has 0 saturated heterocycles. The van der Waals surface area contributed by atoms with Crippen molar-refractivity contribution < 1.29 is 19.5 Å². The first kappa shape index (κ1) is 15.6. The first-order chi connectivity index (χ1) is 9.19. The van der Waals surface area contributed by atoms with E-state index in [2.05, 4.69) is 19.2 Å². The molecule has 2 N–H and O–H groups in total. The van der Waals surface area contributed by atoms with Crippen molar-refractivity contribution in [3.05, 3.63) is 17.7 Å². The largest absolute Gasteiger partial charge is 0.493 e. The molecule has 0 spiro atoms. The van der Waals surface area contributed by atoms with Crippen LogP contribution in [0.25, 0.3) is 0 Å². The third-order valence-electron chi connectivity index (χ3n) is 3.46. The number of quaternary nitrogens is 1. The van der Waals surface area contributed by atoms with E-state index >= 15 is 0 Å². The lowest BCUT2D eigenvalue weighted by Gasteiger charge is -2.15. The molecule has 1 aromatic rings. The van der Waals surface area contributed by atoms with Gasteiger partial charge in [-0.2, -0.15) is 0 Å². The van der Waals surface area contributed by atoms with Crippen LogP contribution in [0, 0.1) is 0 Å². The van der Waals surface area contributed by atoms with Crippen molar-refractivity contribution in [2.45, 2.75) is 39.3 Å². The minimum Gasteiger partial charge on any atom is -0.493 e. The molecule has 0 saturated carbocycles. The highest BCUT2D eigenvalue weighted by atomic mass is 16.5. The second kappa shape index (κ2) is 7.89. The van der Waals surface area contributed by atoms with Crippen molar-refractivity contribution in [3.8, 4) is 17.2 Å². The van der Waals surface area contributed by atoms with Crippen molar-refractivity contribution in [1.29, 1.82) is 0 Å². The van der Waals surface area contributed by atoms with Crippen molar-refractivity contribution >= 4 is 0 Å². The Morgan fingerprint density at radius 3 is 1.84 bits per heavy atom. The van der Waals surface area contributed by atoms with Gasteiger partial charge in [0, 0.05) is 5.56 Å². The number of methoxy groups -OCH3 is 3. The Morgan fingerprint density at radius 2 is 1.47 bits per heavy atom. The molecule has 0 amide bonds. The molecule has 0 aliphatic carbocycles. The van der Waals surface area contributed by atoms with E-state index < -0.39 is 0 Å². The summed E-state index contributed by atoms with van der Waals surface area (Å²) in [6, 6.07) is 4.69. The summed E-state index contributed by atoms with van der Waals surface area (Å²) in [6.07, 6.45) is 2.36. The Morgan fingerprint density at radius 1 is 0.947 bits per heavy atom. The van der Waals surface area contributed by atoms with Crippen LogP contribution >= 0.6 is 0 Å². The molecule has 19 heavy (non-hydrogen) atoms. The number of hydrogen-bond acceptors (Lipinski definition) is 3. The summed E-state index contributed by atoms with van der Waals surface area (Å²) >= 11 is 0. The second-order valence-corrected chi connectivity index (χ2v) is 4.55. The average molecular weight is 268 g/mol. The van der Waals surface area contributed by atoms with Crippen LogP contribution in [0.1, 0.15) is 32.3 Å². The van der Waals surface area contributed by atoms with Crippen LogP contribution in [0.5, 0.6) is 17.2 Å². The number of hydrogen-bond donors (Lipinski definition) is 1. The summed E-state index contributed by atoms with van der Waals surface area (Å²) in [5.41, 5.74) is 1.18. The molecule has 1 rings (SSSR count). The van der Waals surface area contributed by atoms with E-state index in [1.165, 1.54) is 18.4 Å². The van der Waals surface area contributed by atoms with Crippen molar-refractivity contribution in [2.75, 3.05) is 21.3 Å². The highest BCUT2D eigenvalue weighted by molar-refractivity contribution is 5.53. The van der Waals surface area contributed by atoms with Gasteiger partial charge in [-0.25, -0.2) is 0 Å². The van der Waals surface area contributed by atoms with Gasteiger partial charge >= 0.3 is 0 Å². The van der Waals surface area contributed by atoms with E-state index in [1.54, 1.807) is 21.3 Å². The van der Waals surface area contributed by atoms with Crippen LogP contribution in [0.15, 0.2) is 12.1 Å². The summed E-state index contributed by atoms with van der Waals surface area (Å²) in [5.74, 6) is 2.08. The Bertz CT molecular complexity index is 364. The predicted molar refractivity (Wildman–Crippen MR) is 76.1 cm³/mol. The maximum atomic E-state index is 5.36. The molecule has 4 nitrogen and oxygen atoms in total. The minimum atomic E-state index is 0.649. The van der Waals surface area contributed by atoms with E-state index in [1.807, 2.05) is 12.1 Å². The van der Waals surface area contributed by atoms with Gasteiger partial charge in [0.15, 0.2) is 11.5 Å². The highest BCUT2D eigenvalue weighted by Gasteiger charge is 2.14. The number of rotatable bonds is 8. The monoisotopic (exact) mass is 268 g/mol. The molecule has 4 heteroatoms. The summed E-state index contributed by atoms with van der Waals surface area (Å²) in [6.45, 7) is 5.36. The summed E-state index contributed by atoms with van der Waals surface area (Å²) in [5, 5.41) is 2.36. The zero-order chi connectivity index (χ0) is 14.3. The molecular formula is C15H26NO3+. The quantitative estimate of drug-likeness (QED) is 0.784. The molecule has 0 fully saturated rings. The number of nitrogens with two attached hydrogens (primary N) is 1. The van der Waals surface area contributed by atoms with Crippen LogP contribution in [0.4, 0.5) is 0 Å². The highest BCUT2D eigenvalue weighted by Crippen LogP contribution is 2.37. The molecule has 0 aromatic heterocycles. The van der Waals surface area contributed by atoms with Gasteiger partial charge in [0.1, 0.15) is 6.54 Å². The van der Waals surface area contributed by atoms with E-state index in [9.17, 15) is 0 Å². The Kier molecular flexibility index (Phi) is 6.50. The van der Waals surface area contributed by atoms with Gasteiger partial charge in [0.05, 0.1) is 27.4 Å². The fourth-order valence-electron chi connectivity index (χ4n) is 2.18. The number of ether oxygens (including phenoxy) is 3. The lowest BCUT2D eigenvalue weighted by molar-refractivity contribution is -0.704. The summed E-state index contributed by atoms with van der Waals surface area (Å²) in [7, 11) is 4.91. The molecule has 0 unspecified atom stereocenters. The zero-order valence-electron chi connectivity index (χ0n) is 12.7. The van der Waals surface area contributed by atoms with E-state index in [4.69, 9.17) is 14.2 Å². The van der Waals surface area contributed by atoms with Crippen LogP contribution in [0.2, 0.25) is 0 Å². The van der Waals surface area contributed by atoms with E-state index in [0.717, 1.165) is 18.0 Å². The lowest BCUT2D eigenvalue weighted by Crippen LogP contribution is -2.88. The van der Waals surface area contributed by atoms with Gasteiger partial charge in [-0.1, -0.05) is 13.8 Å². The average Bonchev–Trinajstić information content (AvgIpc) is 2.46. The van der Waals surface area contributed by atoms with Gasteiger partial charge in [-0.3, -0.25) is 0 Å². The molecule has 0 radical (unpaired) electrons. The van der Waals surface area contributed by atoms with Crippen molar-refractivity contribution in [2.24, 2.45) is 0 Å². The zero-order valence-corrected chi connectivity index (χ0v) is 12.7. The lowest BCUT2D eigenvalue weighted by atomic mass is 10.1. The third kappa shape index (κ3) is 4.03.